The Morgan fingerprint density at radius 1 is 1.26 bits per heavy atom. The van der Waals surface area contributed by atoms with E-state index in [4.69, 9.17) is 0 Å². The van der Waals surface area contributed by atoms with Crippen LogP contribution in [0.3, 0.4) is 0 Å². The molecule has 1 aromatic carbocycles. The lowest BCUT2D eigenvalue weighted by Gasteiger charge is -2.08. The minimum atomic E-state index is 0.616. The summed E-state index contributed by atoms with van der Waals surface area (Å²) in [7, 11) is 0. The topological polar surface area (TPSA) is 55.6 Å². The van der Waals surface area contributed by atoms with Gasteiger partial charge in [0.05, 0.1) is 12.2 Å². The summed E-state index contributed by atoms with van der Waals surface area (Å²) in [5, 5.41) is 15.2. The fourth-order valence-corrected chi connectivity index (χ4v) is 2.12. The summed E-state index contributed by atoms with van der Waals surface area (Å²) < 4.78 is 1.78. The van der Waals surface area contributed by atoms with Crippen LogP contribution in [0.15, 0.2) is 29.2 Å². The number of thioether (sulfide) groups is 1. The van der Waals surface area contributed by atoms with E-state index in [9.17, 15) is 0 Å². The highest BCUT2D eigenvalue weighted by molar-refractivity contribution is 7.98. The molecule has 0 radical (unpaired) electrons. The molecule has 1 N–H and O–H groups in total. The summed E-state index contributed by atoms with van der Waals surface area (Å²) in [5.41, 5.74) is 0.990. The molecule has 0 fully saturated rings. The van der Waals surface area contributed by atoms with Gasteiger partial charge in [0.15, 0.2) is 5.82 Å². The van der Waals surface area contributed by atoms with E-state index in [0.717, 1.165) is 18.1 Å². The average Bonchev–Trinajstić information content (AvgIpc) is 2.87. The Hall–Kier alpha value is -1.40. The monoisotopic (exact) mass is 277 g/mol. The molecule has 2 aromatic rings. The van der Waals surface area contributed by atoms with E-state index in [2.05, 4.69) is 53.1 Å². The molecule has 0 amide bonds. The lowest BCUT2D eigenvalue weighted by molar-refractivity contribution is 0.537. The van der Waals surface area contributed by atoms with E-state index in [0.29, 0.717) is 12.5 Å². The lowest BCUT2D eigenvalue weighted by Crippen LogP contribution is -2.21. The summed E-state index contributed by atoms with van der Waals surface area (Å²) in [4.78, 5) is 1.23. The van der Waals surface area contributed by atoms with Gasteiger partial charge in [-0.2, -0.15) is 4.68 Å². The molecule has 0 saturated heterocycles. The predicted molar refractivity (Wildman–Crippen MR) is 77.5 cm³/mol. The Morgan fingerprint density at radius 2 is 2.00 bits per heavy atom. The zero-order valence-electron chi connectivity index (χ0n) is 11.5. The first-order valence-corrected chi connectivity index (χ1v) is 7.55. The van der Waals surface area contributed by atoms with Gasteiger partial charge in [-0.1, -0.05) is 13.8 Å². The van der Waals surface area contributed by atoms with Crippen molar-refractivity contribution in [3.05, 3.63) is 30.1 Å². The number of hydrogen-bond acceptors (Lipinski definition) is 5. The maximum Gasteiger partial charge on any atom is 0.170 e. The van der Waals surface area contributed by atoms with E-state index < -0.39 is 0 Å². The molecule has 0 saturated carbocycles. The Kier molecular flexibility index (Phi) is 4.93. The van der Waals surface area contributed by atoms with Crippen molar-refractivity contribution in [2.24, 2.45) is 5.92 Å². The van der Waals surface area contributed by atoms with Crippen LogP contribution in [0.5, 0.6) is 0 Å². The fraction of sp³-hybridized carbons (Fsp3) is 0.462. The first-order chi connectivity index (χ1) is 9.20. The van der Waals surface area contributed by atoms with Crippen molar-refractivity contribution in [2.75, 3.05) is 12.8 Å². The zero-order chi connectivity index (χ0) is 13.7. The van der Waals surface area contributed by atoms with Crippen molar-refractivity contribution in [3.8, 4) is 5.69 Å². The van der Waals surface area contributed by atoms with Gasteiger partial charge in [0.2, 0.25) is 0 Å². The first-order valence-electron chi connectivity index (χ1n) is 6.33. The van der Waals surface area contributed by atoms with Gasteiger partial charge in [0.1, 0.15) is 0 Å². The molecule has 0 bridgehead atoms. The first kappa shape index (κ1) is 14.0. The molecule has 102 valence electrons. The van der Waals surface area contributed by atoms with Crippen molar-refractivity contribution >= 4 is 11.8 Å². The summed E-state index contributed by atoms with van der Waals surface area (Å²) in [6, 6.07) is 8.22. The number of rotatable bonds is 6. The minimum absolute atomic E-state index is 0.616. The molecule has 19 heavy (non-hydrogen) atoms. The Labute approximate surface area is 117 Å². The van der Waals surface area contributed by atoms with E-state index in [1.165, 1.54) is 4.90 Å². The predicted octanol–water partition coefficient (Wildman–Crippen LogP) is 2.13. The highest BCUT2D eigenvalue weighted by atomic mass is 32.2. The van der Waals surface area contributed by atoms with E-state index in [-0.39, 0.29) is 0 Å². The highest BCUT2D eigenvalue weighted by Gasteiger charge is 2.08. The van der Waals surface area contributed by atoms with E-state index in [1.54, 1.807) is 16.4 Å². The summed E-state index contributed by atoms with van der Waals surface area (Å²) >= 11 is 1.72. The molecular weight excluding hydrogens is 258 g/mol. The maximum absolute atomic E-state index is 4.07. The van der Waals surface area contributed by atoms with Gasteiger partial charge in [-0.3, -0.25) is 0 Å². The van der Waals surface area contributed by atoms with Gasteiger partial charge in [-0.05, 0) is 53.4 Å². The maximum atomic E-state index is 4.07. The largest absolute Gasteiger partial charge is 0.310 e. The SMILES string of the molecule is CSc1ccc(-n2nnnc2CNCC(C)C)cc1. The molecule has 0 spiro atoms. The molecule has 2 rings (SSSR count). The molecule has 0 aliphatic carbocycles. The molecule has 0 aliphatic rings. The third-order valence-electron chi connectivity index (χ3n) is 2.69. The molecule has 0 atom stereocenters. The van der Waals surface area contributed by atoms with Crippen LogP contribution in [0.2, 0.25) is 0 Å². The van der Waals surface area contributed by atoms with Crippen LogP contribution in [0, 0.1) is 5.92 Å². The van der Waals surface area contributed by atoms with Gasteiger partial charge in [0.25, 0.3) is 0 Å². The smallest absolute Gasteiger partial charge is 0.170 e. The Balaban J connectivity index is 2.09. The second-order valence-corrected chi connectivity index (χ2v) is 5.61. The van der Waals surface area contributed by atoms with Crippen molar-refractivity contribution in [1.29, 1.82) is 0 Å². The zero-order valence-corrected chi connectivity index (χ0v) is 12.3. The number of nitrogens with zero attached hydrogens (tertiary/aromatic N) is 4. The van der Waals surface area contributed by atoms with Gasteiger partial charge in [-0.15, -0.1) is 16.9 Å². The fourth-order valence-electron chi connectivity index (χ4n) is 1.71. The Morgan fingerprint density at radius 3 is 2.63 bits per heavy atom. The minimum Gasteiger partial charge on any atom is -0.310 e. The van der Waals surface area contributed by atoms with Crippen molar-refractivity contribution < 1.29 is 0 Å². The Bertz CT molecular complexity index is 506. The van der Waals surface area contributed by atoms with Gasteiger partial charge >= 0.3 is 0 Å². The summed E-state index contributed by atoms with van der Waals surface area (Å²) in [6.45, 7) is 5.99. The standard InChI is InChI=1S/C13H19N5S/c1-10(2)8-14-9-13-15-16-17-18(13)11-4-6-12(19-3)7-5-11/h4-7,10,14H,8-9H2,1-3H3. The quantitative estimate of drug-likeness (QED) is 0.820. The van der Waals surface area contributed by atoms with Gasteiger partial charge in [0, 0.05) is 4.90 Å². The van der Waals surface area contributed by atoms with E-state index in [1.807, 2.05) is 12.1 Å². The number of hydrogen-bond donors (Lipinski definition) is 1. The van der Waals surface area contributed by atoms with Crippen LogP contribution < -0.4 is 5.32 Å². The third kappa shape index (κ3) is 3.78. The number of aromatic nitrogens is 4. The van der Waals surface area contributed by atoms with Crippen LogP contribution >= 0.6 is 11.8 Å². The van der Waals surface area contributed by atoms with Crippen molar-refractivity contribution in [2.45, 2.75) is 25.3 Å². The average molecular weight is 277 g/mol. The lowest BCUT2D eigenvalue weighted by atomic mass is 10.2. The van der Waals surface area contributed by atoms with Crippen LogP contribution in [0.1, 0.15) is 19.7 Å². The molecule has 6 heteroatoms. The molecule has 0 aliphatic heterocycles. The summed E-state index contributed by atoms with van der Waals surface area (Å²) in [5.74, 6) is 1.45. The molecule has 0 unspecified atom stereocenters. The highest BCUT2D eigenvalue weighted by Crippen LogP contribution is 2.17. The molecular formula is C13H19N5S. The molecule has 5 nitrogen and oxygen atoms in total. The van der Waals surface area contributed by atoms with Crippen molar-refractivity contribution in [3.63, 3.8) is 0 Å². The number of tetrazole rings is 1. The van der Waals surface area contributed by atoms with Gasteiger partial charge < -0.3 is 5.32 Å². The second kappa shape index (κ2) is 6.68. The van der Waals surface area contributed by atoms with E-state index >= 15 is 0 Å². The van der Waals surface area contributed by atoms with Crippen LogP contribution in [-0.4, -0.2) is 33.0 Å². The second-order valence-electron chi connectivity index (χ2n) is 4.73. The number of benzene rings is 1. The van der Waals surface area contributed by atoms with Gasteiger partial charge in [-0.25, -0.2) is 0 Å². The molecule has 1 heterocycles. The van der Waals surface area contributed by atoms with Crippen LogP contribution in [-0.2, 0) is 6.54 Å². The van der Waals surface area contributed by atoms with Crippen LogP contribution in [0.4, 0.5) is 0 Å². The normalized spacial score (nSPS) is 11.2. The molecule has 1 aromatic heterocycles. The van der Waals surface area contributed by atoms with Crippen LogP contribution in [0.25, 0.3) is 5.69 Å². The van der Waals surface area contributed by atoms with Crippen molar-refractivity contribution in [1.82, 2.24) is 25.5 Å². The summed E-state index contributed by atoms with van der Waals surface area (Å²) in [6.07, 6.45) is 2.06. The third-order valence-corrected chi connectivity index (χ3v) is 3.43. The number of nitrogens with one attached hydrogen (secondary N) is 1.